The lowest BCUT2D eigenvalue weighted by molar-refractivity contribution is -0.305. The molecular weight excluding hydrogens is 747 g/mol. The van der Waals surface area contributed by atoms with Crippen LogP contribution in [0.2, 0.25) is 0 Å². The molecule has 0 amide bonds. The van der Waals surface area contributed by atoms with Gasteiger partial charge in [0, 0.05) is 30.1 Å². The zero-order valence-electron chi connectivity index (χ0n) is 31.7. The van der Waals surface area contributed by atoms with Gasteiger partial charge in [-0.15, -0.1) is 0 Å². The smallest absolute Gasteiger partial charge is 0.187 e. The van der Waals surface area contributed by atoms with E-state index < -0.39 is 116 Å². The standard InChI is InChI=1S/C35H69N5O12S2/c1-3-5-7-9-11-53-15-20-26(43)28(45)23(40)34(48-20)50-30-18(38)13-17(37)24(41)32(30)52-35-29(46)31(21(49-35)16-54-12-10-8-6-4-2)51-33-22(39)27(44)25(42)19(14-36)47-33/h17-35,41-46H,3-16,36-40H2,1-2H3/t17-,18+,19+,20-,21-,22-,23-,24+,25-,26-,27-,28-,29-,30-,31-,32-,33-,34-,35+/m1/s1. The van der Waals surface area contributed by atoms with Gasteiger partial charge in [0.1, 0.15) is 54.9 Å². The van der Waals surface area contributed by atoms with Crippen LogP contribution in [0.5, 0.6) is 0 Å². The van der Waals surface area contributed by atoms with E-state index in [-0.39, 0.29) is 13.0 Å². The van der Waals surface area contributed by atoms with Crippen molar-refractivity contribution >= 4 is 23.5 Å². The van der Waals surface area contributed by atoms with Gasteiger partial charge in [0.2, 0.25) is 0 Å². The van der Waals surface area contributed by atoms with Crippen LogP contribution >= 0.6 is 23.5 Å². The minimum atomic E-state index is -1.45. The molecule has 3 aliphatic heterocycles. The van der Waals surface area contributed by atoms with Gasteiger partial charge in [-0.05, 0) is 30.8 Å². The van der Waals surface area contributed by atoms with Crippen molar-refractivity contribution in [3.8, 4) is 0 Å². The second-order valence-corrected chi connectivity index (χ2v) is 17.4. The largest absolute Gasteiger partial charge is 0.389 e. The van der Waals surface area contributed by atoms with Crippen molar-refractivity contribution in [1.82, 2.24) is 0 Å². The molecule has 0 radical (unpaired) electrons. The summed E-state index contributed by atoms with van der Waals surface area (Å²) in [4.78, 5) is 0. The molecule has 0 aromatic heterocycles. The number of ether oxygens (including phenoxy) is 6. The van der Waals surface area contributed by atoms with E-state index in [0.29, 0.717) is 11.5 Å². The first-order chi connectivity index (χ1) is 25.8. The van der Waals surface area contributed by atoms with E-state index in [9.17, 15) is 30.6 Å². The molecule has 0 unspecified atom stereocenters. The summed E-state index contributed by atoms with van der Waals surface area (Å²) in [5, 5.41) is 65.7. The number of aliphatic hydroxyl groups is 6. The van der Waals surface area contributed by atoms with Gasteiger partial charge in [-0.1, -0.05) is 52.4 Å². The van der Waals surface area contributed by atoms with E-state index in [2.05, 4.69) is 13.8 Å². The predicted octanol–water partition coefficient (Wildman–Crippen LogP) is -2.22. The summed E-state index contributed by atoms with van der Waals surface area (Å²) in [5.41, 5.74) is 31.1. The minimum Gasteiger partial charge on any atom is -0.389 e. The van der Waals surface area contributed by atoms with E-state index in [0.717, 1.165) is 62.9 Å². The van der Waals surface area contributed by atoms with Gasteiger partial charge in [0.15, 0.2) is 18.9 Å². The van der Waals surface area contributed by atoms with Crippen LogP contribution in [-0.4, -0.2) is 176 Å². The van der Waals surface area contributed by atoms with Gasteiger partial charge >= 0.3 is 0 Å². The number of hydrogen-bond acceptors (Lipinski definition) is 19. The Bertz CT molecular complexity index is 1070. The van der Waals surface area contributed by atoms with E-state index in [1.807, 2.05) is 0 Å². The van der Waals surface area contributed by atoms with Crippen LogP contribution in [0.15, 0.2) is 0 Å². The van der Waals surface area contributed by atoms with Crippen molar-refractivity contribution in [3.05, 3.63) is 0 Å². The van der Waals surface area contributed by atoms with E-state index in [4.69, 9.17) is 57.1 Å². The fourth-order valence-corrected chi connectivity index (χ4v) is 9.49. The molecule has 4 aliphatic rings. The predicted molar refractivity (Wildman–Crippen MR) is 205 cm³/mol. The van der Waals surface area contributed by atoms with Crippen LogP contribution in [0.25, 0.3) is 0 Å². The molecule has 318 valence electrons. The van der Waals surface area contributed by atoms with Gasteiger partial charge in [-0.2, -0.15) is 23.5 Å². The van der Waals surface area contributed by atoms with Crippen molar-refractivity contribution < 1.29 is 59.1 Å². The highest BCUT2D eigenvalue weighted by molar-refractivity contribution is 7.99. The number of unbranched alkanes of at least 4 members (excludes halogenated alkanes) is 6. The Hall–Kier alpha value is 0.0200. The molecular formula is C35H69N5O12S2. The Morgan fingerprint density at radius 3 is 1.56 bits per heavy atom. The number of thioether (sulfide) groups is 2. The maximum Gasteiger partial charge on any atom is 0.187 e. The van der Waals surface area contributed by atoms with Crippen LogP contribution in [-0.2, 0) is 28.4 Å². The third-order valence-electron chi connectivity index (χ3n) is 10.8. The molecule has 3 saturated heterocycles. The van der Waals surface area contributed by atoms with Crippen LogP contribution in [0.3, 0.4) is 0 Å². The lowest BCUT2D eigenvalue weighted by atomic mass is 9.84. The number of nitrogens with two attached hydrogens (primary N) is 5. The Morgan fingerprint density at radius 2 is 1.00 bits per heavy atom. The number of rotatable bonds is 21. The maximum absolute atomic E-state index is 11.7. The second-order valence-electron chi connectivity index (χ2n) is 15.1. The van der Waals surface area contributed by atoms with Crippen molar-refractivity contribution in [2.24, 2.45) is 28.7 Å². The van der Waals surface area contributed by atoms with Gasteiger partial charge < -0.3 is 87.7 Å². The van der Waals surface area contributed by atoms with Crippen LogP contribution < -0.4 is 28.7 Å². The fourth-order valence-electron chi connectivity index (χ4n) is 7.33. The zero-order valence-corrected chi connectivity index (χ0v) is 33.3. The lowest BCUT2D eigenvalue weighted by Gasteiger charge is -2.47. The average Bonchev–Trinajstić information content (AvgIpc) is 3.44. The molecule has 0 aromatic carbocycles. The summed E-state index contributed by atoms with van der Waals surface area (Å²) in [6.07, 6.45) is -8.92. The van der Waals surface area contributed by atoms with Gasteiger partial charge in [0.25, 0.3) is 0 Å². The second kappa shape index (κ2) is 23.0. The summed E-state index contributed by atoms with van der Waals surface area (Å²) >= 11 is 3.22. The Balaban J connectivity index is 1.48. The monoisotopic (exact) mass is 815 g/mol. The molecule has 4 fully saturated rings. The van der Waals surface area contributed by atoms with E-state index >= 15 is 0 Å². The molecule has 0 spiro atoms. The first-order valence-corrected chi connectivity index (χ1v) is 22.0. The highest BCUT2D eigenvalue weighted by Crippen LogP contribution is 2.35. The SMILES string of the molecule is CCCCCCSC[C@H]1O[C@H](O[C@H]2[C@H](O[C@@H]3O[C@H](CSCCCCCC)[C@@H](O[C@H]4O[C@@H](CN)[C@@H](O)[C@H](O)[C@H]4N)[C@H]3O)[C@@H](O)[C@H](N)C[C@@H]2N)[C@H](N)[C@@H](O)[C@@H]1O. The molecule has 4 rings (SSSR count). The first-order valence-electron chi connectivity index (χ1n) is 19.7. The molecule has 19 atom stereocenters. The Labute approximate surface area is 328 Å². The van der Waals surface area contributed by atoms with Gasteiger partial charge in [-0.25, -0.2) is 0 Å². The molecule has 19 heteroatoms. The minimum absolute atomic E-state index is 0.109. The number of hydrogen-bond donors (Lipinski definition) is 11. The molecule has 0 aromatic rings. The molecule has 1 aliphatic carbocycles. The van der Waals surface area contributed by atoms with Crippen molar-refractivity contribution in [3.63, 3.8) is 0 Å². The Kier molecular flexibility index (Phi) is 19.9. The summed E-state index contributed by atoms with van der Waals surface area (Å²) in [6.45, 7) is 4.18. The normalized spacial score (nSPS) is 44.5. The van der Waals surface area contributed by atoms with E-state index in [1.165, 1.54) is 0 Å². The number of aliphatic hydroxyl groups excluding tert-OH is 6. The third-order valence-corrected chi connectivity index (χ3v) is 13.1. The highest BCUT2D eigenvalue weighted by atomic mass is 32.2. The fraction of sp³-hybridized carbons (Fsp3) is 1.00. The summed E-state index contributed by atoms with van der Waals surface area (Å²) in [6, 6.07) is -3.91. The van der Waals surface area contributed by atoms with Gasteiger partial charge in [0.05, 0.1) is 30.4 Å². The van der Waals surface area contributed by atoms with Gasteiger partial charge in [-0.3, -0.25) is 0 Å². The van der Waals surface area contributed by atoms with Crippen LogP contribution in [0, 0.1) is 0 Å². The molecule has 17 nitrogen and oxygen atoms in total. The lowest BCUT2D eigenvalue weighted by Crippen LogP contribution is -2.68. The molecule has 1 saturated carbocycles. The van der Waals surface area contributed by atoms with Crippen LogP contribution in [0.4, 0.5) is 0 Å². The van der Waals surface area contributed by atoms with Crippen molar-refractivity contribution in [2.45, 2.75) is 188 Å². The van der Waals surface area contributed by atoms with Crippen molar-refractivity contribution in [2.75, 3.05) is 29.6 Å². The highest BCUT2D eigenvalue weighted by Gasteiger charge is 2.54. The van der Waals surface area contributed by atoms with Crippen molar-refractivity contribution in [1.29, 1.82) is 0 Å². The molecule has 0 bridgehead atoms. The topological polar surface area (TPSA) is 307 Å². The summed E-state index contributed by atoms with van der Waals surface area (Å²) in [7, 11) is 0. The quantitative estimate of drug-likeness (QED) is 0.0547. The average molecular weight is 816 g/mol. The van der Waals surface area contributed by atoms with Crippen LogP contribution in [0.1, 0.15) is 71.6 Å². The zero-order chi connectivity index (χ0) is 39.5. The third kappa shape index (κ3) is 12.0. The molecule has 3 heterocycles. The first kappa shape index (κ1) is 46.7. The summed E-state index contributed by atoms with van der Waals surface area (Å²) < 4.78 is 37.1. The van der Waals surface area contributed by atoms with E-state index in [1.54, 1.807) is 23.5 Å². The molecule has 54 heavy (non-hydrogen) atoms. The molecule has 16 N–H and O–H groups in total. The maximum atomic E-state index is 11.7. The Morgan fingerprint density at radius 1 is 0.519 bits per heavy atom. The summed E-state index contributed by atoms with van der Waals surface area (Å²) in [5.74, 6) is 2.51.